The smallest absolute Gasteiger partial charge is 0.408 e. The molecule has 172 valence electrons. The van der Waals surface area contributed by atoms with Gasteiger partial charge in [0.15, 0.2) is 0 Å². The van der Waals surface area contributed by atoms with Crippen molar-refractivity contribution in [3.05, 3.63) is 29.8 Å². The van der Waals surface area contributed by atoms with Gasteiger partial charge >= 0.3 is 6.09 Å². The van der Waals surface area contributed by atoms with Crippen molar-refractivity contribution in [3.8, 4) is 5.75 Å². The van der Waals surface area contributed by atoms with Crippen molar-refractivity contribution >= 4 is 17.9 Å². The van der Waals surface area contributed by atoms with E-state index in [1.165, 1.54) is 0 Å². The van der Waals surface area contributed by atoms with Crippen LogP contribution in [0.1, 0.15) is 46.1 Å². The number of alkyl carbamates (subject to hydrolysis) is 1. The Balaban J connectivity index is 1.64. The third-order valence-corrected chi connectivity index (χ3v) is 4.94. The number of piperidine rings is 1. The van der Waals surface area contributed by atoms with Crippen LogP contribution in [0.15, 0.2) is 24.3 Å². The number of nitrogens with one attached hydrogen (secondary N) is 2. The molecule has 8 nitrogen and oxygen atoms in total. The van der Waals surface area contributed by atoms with Crippen molar-refractivity contribution in [1.29, 1.82) is 0 Å². The highest BCUT2D eigenvalue weighted by Crippen LogP contribution is 2.18. The Hall–Kier alpha value is -2.77. The molecule has 0 aliphatic carbocycles. The van der Waals surface area contributed by atoms with Crippen molar-refractivity contribution in [2.45, 2.75) is 52.6 Å². The normalized spacial score (nSPS) is 14.6. The maximum absolute atomic E-state index is 12.6. The van der Waals surface area contributed by atoms with Crippen LogP contribution in [0.25, 0.3) is 0 Å². The number of likely N-dealkylation sites (tertiary alicyclic amines) is 1. The fraction of sp³-hybridized carbons (Fsp3) is 0.609. The third-order valence-electron chi connectivity index (χ3n) is 4.94. The monoisotopic (exact) mass is 433 g/mol. The van der Waals surface area contributed by atoms with Crippen LogP contribution in [0, 0.1) is 5.92 Å². The number of amides is 3. The van der Waals surface area contributed by atoms with E-state index in [-0.39, 0.29) is 18.4 Å². The number of ether oxygens (including phenoxy) is 2. The molecule has 0 unspecified atom stereocenters. The number of hydrogen-bond acceptors (Lipinski definition) is 5. The van der Waals surface area contributed by atoms with Gasteiger partial charge in [0, 0.05) is 19.6 Å². The first-order valence-corrected chi connectivity index (χ1v) is 10.9. The molecule has 0 aromatic heterocycles. The summed E-state index contributed by atoms with van der Waals surface area (Å²) in [5.41, 5.74) is 0.374. The molecule has 0 bridgehead atoms. The van der Waals surface area contributed by atoms with Gasteiger partial charge in [-0.2, -0.15) is 0 Å². The molecule has 0 radical (unpaired) electrons. The van der Waals surface area contributed by atoms with Crippen LogP contribution >= 0.6 is 0 Å². The number of carbonyl (C=O) groups is 3. The molecule has 1 fully saturated rings. The highest BCUT2D eigenvalue weighted by Gasteiger charge is 2.23. The minimum Gasteiger partial charge on any atom is -0.494 e. The van der Waals surface area contributed by atoms with Crippen LogP contribution in [0.4, 0.5) is 4.79 Å². The quantitative estimate of drug-likeness (QED) is 0.657. The number of rotatable bonds is 8. The van der Waals surface area contributed by atoms with E-state index in [4.69, 9.17) is 9.47 Å². The first-order chi connectivity index (χ1) is 14.7. The average molecular weight is 434 g/mol. The number of hydrogen-bond donors (Lipinski definition) is 2. The van der Waals surface area contributed by atoms with Crippen molar-refractivity contribution in [1.82, 2.24) is 15.5 Å². The van der Waals surface area contributed by atoms with Gasteiger partial charge in [-0.15, -0.1) is 0 Å². The lowest BCUT2D eigenvalue weighted by Gasteiger charge is -2.32. The standard InChI is InChI=1S/C23H35N3O5/c1-5-30-19-8-6-17(7-9-19)14-21(28)26-12-10-18(11-13-26)15-24-20(27)16-25-22(29)31-23(2,3)4/h6-9,18H,5,10-16H2,1-4H3,(H,24,27)(H,25,29). The third kappa shape index (κ3) is 9.27. The van der Waals surface area contributed by atoms with Gasteiger partial charge in [-0.1, -0.05) is 12.1 Å². The Kier molecular flexibility index (Phi) is 9.15. The molecule has 3 amide bonds. The van der Waals surface area contributed by atoms with E-state index in [0.29, 0.717) is 38.6 Å². The summed E-state index contributed by atoms with van der Waals surface area (Å²) in [6.45, 7) is 9.65. The molecule has 1 heterocycles. The van der Waals surface area contributed by atoms with Gasteiger partial charge in [-0.25, -0.2) is 4.79 Å². The zero-order chi connectivity index (χ0) is 22.9. The summed E-state index contributed by atoms with van der Waals surface area (Å²) in [4.78, 5) is 38.0. The van der Waals surface area contributed by atoms with Crippen LogP contribution in [-0.2, 0) is 20.7 Å². The summed E-state index contributed by atoms with van der Waals surface area (Å²) >= 11 is 0. The topological polar surface area (TPSA) is 97.0 Å². The Labute approximate surface area is 184 Å². The predicted molar refractivity (Wildman–Crippen MR) is 118 cm³/mol. The number of nitrogens with zero attached hydrogens (tertiary/aromatic N) is 1. The molecule has 1 aromatic carbocycles. The minimum atomic E-state index is -0.609. The summed E-state index contributed by atoms with van der Waals surface area (Å²) in [6.07, 6.45) is 1.45. The molecule has 1 aliphatic heterocycles. The van der Waals surface area contributed by atoms with Gasteiger partial charge in [-0.3, -0.25) is 9.59 Å². The van der Waals surface area contributed by atoms with Crippen LogP contribution in [0.2, 0.25) is 0 Å². The molecule has 0 atom stereocenters. The van der Waals surface area contributed by atoms with Crippen molar-refractivity contribution in [3.63, 3.8) is 0 Å². The molecule has 1 aliphatic rings. The summed E-state index contributed by atoms with van der Waals surface area (Å²) in [5.74, 6) is 0.996. The zero-order valence-electron chi connectivity index (χ0n) is 19.0. The van der Waals surface area contributed by atoms with Crippen molar-refractivity contribution in [2.24, 2.45) is 5.92 Å². The molecule has 1 saturated heterocycles. The molecule has 0 spiro atoms. The molecule has 2 N–H and O–H groups in total. The van der Waals surface area contributed by atoms with Crippen LogP contribution in [0.5, 0.6) is 5.75 Å². The van der Waals surface area contributed by atoms with Crippen LogP contribution < -0.4 is 15.4 Å². The summed E-state index contributed by atoms with van der Waals surface area (Å²) in [7, 11) is 0. The van der Waals surface area contributed by atoms with Crippen LogP contribution in [-0.4, -0.2) is 61.2 Å². The fourth-order valence-corrected chi connectivity index (χ4v) is 3.33. The Morgan fingerprint density at radius 3 is 2.29 bits per heavy atom. The minimum absolute atomic E-state index is 0.117. The fourth-order valence-electron chi connectivity index (χ4n) is 3.33. The Morgan fingerprint density at radius 1 is 1.06 bits per heavy atom. The van der Waals surface area contributed by atoms with E-state index in [1.807, 2.05) is 36.1 Å². The lowest BCUT2D eigenvalue weighted by Crippen LogP contribution is -2.44. The highest BCUT2D eigenvalue weighted by atomic mass is 16.6. The SMILES string of the molecule is CCOc1ccc(CC(=O)N2CCC(CNC(=O)CNC(=O)OC(C)(C)C)CC2)cc1. The largest absolute Gasteiger partial charge is 0.494 e. The van der Waals surface area contributed by atoms with Crippen molar-refractivity contribution < 1.29 is 23.9 Å². The second kappa shape index (κ2) is 11.6. The van der Waals surface area contributed by atoms with Gasteiger partial charge < -0.3 is 25.0 Å². The Bertz CT molecular complexity index is 735. The zero-order valence-corrected chi connectivity index (χ0v) is 19.0. The average Bonchev–Trinajstić information content (AvgIpc) is 2.71. The maximum Gasteiger partial charge on any atom is 0.408 e. The van der Waals surface area contributed by atoms with E-state index < -0.39 is 11.7 Å². The lowest BCUT2D eigenvalue weighted by molar-refractivity contribution is -0.132. The molecule has 8 heteroatoms. The summed E-state index contributed by atoms with van der Waals surface area (Å²) in [5, 5.41) is 5.29. The molecular weight excluding hydrogens is 398 g/mol. The molecule has 0 saturated carbocycles. The first kappa shape index (κ1) is 24.5. The summed E-state index contributed by atoms with van der Waals surface area (Å²) < 4.78 is 10.5. The number of benzene rings is 1. The first-order valence-electron chi connectivity index (χ1n) is 10.9. The predicted octanol–water partition coefficient (Wildman–Crippen LogP) is 2.51. The molecule has 31 heavy (non-hydrogen) atoms. The van der Waals surface area contributed by atoms with Gasteiger partial charge in [0.25, 0.3) is 0 Å². The van der Waals surface area contributed by atoms with E-state index in [9.17, 15) is 14.4 Å². The van der Waals surface area contributed by atoms with Gasteiger partial charge in [0.05, 0.1) is 19.6 Å². The van der Waals surface area contributed by atoms with E-state index in [1.54, 1.807) is 20.8 Å². The second-order valence-electron chi connectivity index (χ2n) is 8.74. The van der Waals surface area contributed by atoms with Crippen LogP contribution in [0.3, 0.4) is 0 Å². The summed E-state index contributed by atoms with van der Waals surface area (Å²) in [6, 6.07) is 7.63. The Morgan fingerprint density at radius 2 is 1.71 bits per heavy atom. The van der Waals surface area contributed by atoms with Gasteiger partial charge in [0.2, 0.25) is 11.8 Å². The van der Waals surface area contributed by atoms with E-state index in [0.717, 1.165) is 24.2 Å². The van der Waals surface area contributed by atoms with Gasteiger partial charge in [0.1, 0.15) is 11.4 Å². The van der Waals surface area contributed by atoms with E-state index in [2.05, 4.69) is 10.6 Å². The van der Waals surface area contributed by atoms with E-state index >= 15 is 0 Å². The molecule has 2 rings (SSSR count). The number of carbonyl (C=O) groups excluding carboxylic acids is 3. The second-order valence-corrected chi connectivity index (χ2v) is 8.74. The molecule has 1 aromatic rings. The maximum atomic E-state index is 12.6. The molecular formula is C23H35N3O5. The lowest BCUT2D eigenvalue weighted by atomic mass is 9.96. The highest BCUT2D eigenvalue weighted by molar-refractivity contribution is 5.82. The van der Waals surface area contributed by atoms with Gasteiger partial charge in [-0.05, 0) is 64.2 Å². The van der Waals surface area contributed by atoms with Crippen molar-refractivity contribution in [2.75, 3.05) is 32.8 Å².